The van der Waals surface area contributed by atoms with Crippen molar-refractivity contribution in [1.29, 1.82) is 10.5 Å². The zero-order valence-electron chi connectivity index (χ0n) is 13.4. The van der Waals surface area contributed by atoms with Crippen molar-refractivity contribution in [2.75, 3.05) is 0 Å². The molecule has 126 valence electrons. The molecular formula is C19H11ClN4O2. The summed E-state index contributed by atoms with van der Waals surface area (Å²) in [6, 6.07) is 16.9. The Hall–Kier alpha value is -3.61. The van der Waals surface area contributed by atoms with Gasteiger partial charge in [0.2, 0.25) is 0 Å². The predicted octanol–water partition coefficient (Wildman–Crippen LogP) is 3.55. The van der Waals surface area contributed by atoms with Crippen LogP contribution < -0.4 is 10.3 Å². The molecule has 0 saturated heterocycles. The van der Waals surface area contributed by atoms with Crippen LogP contribution in [0.1, 0.15) is 22.4 Å². The number of nitriles is 2. The second-order valence-corrected chi connectivity index (χ2v) is 5.80. The molecule has 6 nitrogen and oxygen atoms in total. The molecule has 0 saturated carbocycles. The Morgan fingerprint density at radius 2 is 1.88 bits per heavy atom. The van der Waals surface area contributed by atoms with Crippen molar-refractivity contribution < 1.29 is 4.74 Å². The highest BCUT2D eigenvalue weighted by atomic mass is 35.5. The maximum atomic E-state index is 11.1. The number of nitrogens with one attached hydrogen (secondary N) is 1. The van der Waals surface area contributed by atoms with Gasteiger partial charge in [-0.3, -0.25) is 4.79 Å². The van der Waals surface area contributed by atoms with E-state index in [9.17, 15) is 10.1 Å². The van der Waals surface area contributed by atoms with Crippen LogP contribution >= 0.6 is 11.6 Å². The molecule has 0 spiro atoms. The van der Waals surface area contributed by atoms with Crippen LogP contribution in [-0.2, 0) is 6.42 Å². The lowest BCUT2D eigenvalue weighted by molar-refractivity contribution is 0.480. The zero-order valence-corrected chi connectivity index (χ0v) is 14.1. The third-order valence-electron chi connectivity index (χ3n) is 3.57. The first-order valence-corrected chi connectivity index (χ1v) is 7.92. The van der Waals surface area contributed by atoms with Gasteiger partial charge in [0, 0.05) is 12.5 Å². The van der Waals surface area contributed by atoms with Gasteiger partial charge >= 0.3 is 0 Å². The SMILES string of the molecule is N#Cc1ccc(C#N)c(Oc2cc(Cc3ccc(=O)[nH]n3)ccc2Cl)c1. The Morgan fingerprint density at radius 3 is 2.58 bits per heavy atom. The van der Waals surface area contributed by atoms with E-state index in [1.54, 1.807) is 24.3 Å². The van der Waals surface area contributed by atoms with Crippen LogP contribution in [0.2, 0.25) is 5.02 Å². The van der Waals surface area contributed by atoms with E-state index in [2.05, 4.69) is 10.2 Å². The molecule has 0 fully saturated rings. The molecule has 0 radical (unpaired) electrons. The zero-order chi connectivity index (χ0) is 18.5. The first kappa shape index (κ1) is 17.2. The van der Waals surface area contributed by atoms with Crippen LogP contribution in [0, 0.1) is 22.7 Å². The molecule has 3 rings (SSSR count). The van der Waals surface area contributed by atoms with Crippen LogP contribution in [0.3, 0.4) is 0 Å². The van der Waals surface area contributed by atoms with Gasteiger partial charge in [0.15, 0.2) is 0 Å². The normalized spacial score (nSPS) is 9.96. The molecule has 0 aliphatic rings. The van der Waals surface area contributed by atoms with Crippen molar-refractivity contribution in [3.63, 3.8) is 0 Å². The van der Waals surface area contributed by atoms with E-state index in [4.69, 9.17) is 21.6 Å². The lowest BCUT2D eigenvalue weighted by Crippen LogP contribution is -2.07. The first-order valence-electron chi connectivity index (χ1n) is 7.54. The fourth-order valence-corrected chi connectivity index (χ4v) is 2.46. The number of aromatic amines is 1. The molecule has 26 heavy (non-hydrogen) atoms. The second-order valence-electron chi connectivity index (χ2n) is 5.39. The molecule has 0 amide bonds. The minimum atomic E-state index is -0.268. The van der Waals surface area contributed by atoms with Crippen LogP contribution in [0.15, 0.2) is 53.3 Å². The minimum absolute atomic E-state index is 0.257. The van der Waals surface area contributed by atoms with Gasteiger partial charge in [-0.15, -0.1) is 0 Å². The molecule has 0 aliphatic carbocycles. The highest BCUT2D eigenvalue weighted by Crippen LogP contribution is 2.33. The molecule has 0 bridgehead atoms. The van der Waals surface area contributed by atoms with Crippen molar-refractivity contribution in [3.8, 4) is 23.6 Å². The maximum Gasteiger partial charge on any atom is 0.264 e. The lowest BCUT2D eigenvalue weighted by Gasteiger charge is -2.11. The summed E-state index contributed by atoms with van der Waals surface area (Å²) in [6.45, 7) is 0. The minimum Gasteiger partial charge on any atom is -0.454 e. The number of rotatable bonds is 4. The van der Waals surface area contributed by atoms with Crippen LogP contribution in [0.5, 0.6) is 11.5 Å². The monoisotopic (exact) mass is 362 g/mol. The molecule has 0 aliphatic heterocycles. The van der Waals surface area contributed by atoms with Crippen molar-refractivity contribution in [3.05, 3.63) is 86.3 Å². The fourth-order valence-electron chi connectivity index (χ4n) is 2.30. The third-order valence-corrected chi connectivity index (χ3v) is 3.88. The summed E-state index contributed by atoms with van der Waals surface area (Å²) < 4.78 is 5.79. The fraction of sp³-hybridized carbons (Fsp3) is 0.0526. The van der Waals surface area contributed by atoms with Gasteiger partial charge in [-0.2, -0.15) is 15.6 Å². The molecule has 0 unspecified atom stereocenters. The summed E-state index contributed by atoms with van der Waals surface area (Å²) in [6.07, 6.45) is 0.466. The number of H-pyrrole nitrogens is 1. The lowest BCUT2D eigenvalue weighted by atomic mass is 10.1. The summed E-state index contributed by atoms with van der Waals surface area (Å²) in [5.74, 6) is 0.618. The molecular weight excluding hydrogens is 352 g/mol. The second kappa shape index (κ2) is 7.52. The quantitative estimate of drug-likeness (QED) is 0.764. The number of nitrogens with zero attached hydrogens (tertiary/aromatic N) is 3. The van der Waals surface area contributed by atoms with E-state index in [-0.39, 0.29) is 11.3 Å². The van der Waals surface area contributed by atoms with Gasteiger partial charge in [0.05, 0.1) is 27.9 Å². The Bertz CT molecular complexity index is 1090. The van der Waals surface area contributed by atoms with Crippen LogP contribution in [-0.4, -0.2) is 10.2 Å². The molecule has 0 atom stereocenters. The van der Waals surface area contributed by atoms with Crippen molar-refractivity contribution >= 4 is 11.6 Å². The van der Waals surface area contributed by atoms with E-state index in [0.29, 0.717) is 34.0 Å². The standard InChI is InChI=1S/C19H11ClN4O2/c20-16-5-2-12(7-15-4-6-19(25)24-23-15)8-18(16)26-17-9-13(10-21)1-3-14(17)11-22/h1-6,8-9H,7H2,(H,24,25). The van der Waals surface area contributed by atoms with E-state index < -0.39 is 0 Å². The number of aromatic nitrogens is 2. The highest BCUT2D eigenvalue weighted by molar-refractivity contribution is 6.32. The summed E-state index contributed by atoms with van der Waals surface area (Å²) in [5.41, 5.74) is 1.95. The largest absolute Gasteiger partial charge is 0.454 e. The van der Waals surface area contributed by atoms with E-state index >= 15 is 0 Å². The average molecular weight is 363 g/mol. The van der Waals surface area contributed by atoms with Crippen molar-refractivity contribution in [2.45, 2.75) is 6.42 Å². The third kappa shape index (κ3) is 3.89. The van der Waals surface area contributed by atoms with Gasteiger partial charge in [-0.05, 0) is 42.0 Å². The molecule has 2 aromatic carbocycles. The Kier molecular flexibility index (Phi) is 4.98. The molecule has 7 heteroatoms. The molecule has 3 aromatic rings. The van der Waals surface area contributed by atoms with E-state index in [1.807, 2.05) is 18.2 Å². The molecule has 1 heterocycles. The first-order chi connectivity index (χ1) is 12.6. The molecule has 1 N–H and O–H groups in total. The molecule has 1 aromatic heterocycles. The van der Waals surface area contributed by atoms with Crippen LogP contribution in [0.4, 0.5) is 0 Å². The van der Waals surface area contributed by atoms with E-state index in [0.717, 1.165) is 5.56 Å². The smallest absolute Gasteiger partial charge is 0.264 e. The van der Waals surface area contributed by atoms with Gasteiger partial charge in [-0.1, -0.05) is 17.7 Å². The summed E-state index contributed by atoms with van der Waals surface area (Å²) >= 11 is 6.20. The van der Waals surface area contributed by atoms with Gasteiger partial charge in [0.1, 0.15) is 17.6 Å². The number of hydrogen-bond donors (Lipinski definition) is 1. The number of benzene rings is 2. The maximum absolute atomic E-state index is 11.1. The summed E-state index contributed by atoms with van der Waals surface area (Å²) in [5, 5.41) is 25.0. The predicted molar refractivity (Wildman–Crippen MR) is 95.1 cm³/mol. The number of halogens is 1. The van der Waals surface area contributed by atoms with Crippen LogP contribution in [0.25, 0.3) is 0 Å². The van der Waals surface area contributed by atoms with Gasteiger partial charge in [-0.25, -0.2) is 5.10 Å². The van der Waals surface area contributed by atoms with Gasteiger partial charge in [0.25, 0.3) is 5.56 Å². The topological polar surface area (TPSA) is 103 Å². The summed E-state index contributed by atoms with van der Waals surface area (Å²) in [7, 11) is 0. The van der Waals surface area contributed by atoms with Crippen molar-refractivity contribution in [2.24, 2.45) is 0 Å². The van der Waals surface area contributed by atoms with Crippen molar-refractivity contribution in [1.82, 2.24) is 10.2 Å². The highest BCUT2D eigenvalue weighted by Gasteiger charge is 2.10. The van der Waals surface area contributed by atoms with E-state index in [1.165, 1.54) is 18.2 Å². The Morgan fingerprint density at radius 1 is 1.04 bits per heavy atom. The average Bonchev–Trinajstić information content (AvgIpc) is 2.66. The number of ether oxygens (including phenoxy) is 1. The summed E-state index contributed by atoms with van der Waals surface area (Å²) in [4.78, 5) is 11.1. The Labute approximate surface area is 153 Å². The van der Waals surface area contributed by atoms with Gasteiger partial charge < -0.3 is 4.74 Å². The Balaban J connectivity index is 1.91. The number of hydrogen-bond acceptors (Lipinski definition) is 5.